The Labute approximate surface area is 102 Å². The van der Waals surface area contributed by atoms with Crippen LogP contribution >= 0.6 is 0 Å². The lowest BCUT2D eigenvalue weighted by Gasteiger charge is -2.12. The standard InChI is InChI=1S/C10H13N3O5/c1-5-8(18-4-12-5)9(15)13-6(10(16)17)2-3-7(11)14/h4,6H,2-3H2,1H3,(H2,11,14)(H,13,15)(H,16,17)/t6-/m1/s1. The molecule has 0 bridgehead atoms. The van der Waals surface area contributed by atoms with Gasteiger partial charge < -0.3 is 20.6 Å². The lowest BCUT2D eigenvalue weighted by molar-refractivity contribution is -0.139. The predicted octanol–water partition coefficient (Wildman–Crippen LogP) is -0.568. The van der Waals surface area contributed by atoms with E-state index in [2.05, 4.69) is 10.3 Å². The van der Waals surface area contributed by atoms with Gasteiger partial charge in [-0.3, -0.25) is 9.59 Å². The number of nitrogens with two attached hydrogens (primary N) is 1. The minimum Gasteiger partial charge on any atom is -0.480 e. The van der Waals surface area contributed by atoms with Crippen molar-refractivity contribution in [1.82, 2.24) is 10.3 Å². The summed E-state index contributed by atoms with van der Waals surface area (Å²) in [6.45, 7) is 1.55. The molecule has 8 nitrogen and oxygen atoms in total. The van der Waals surface area contributed by atoms with Crippen LogP contribution in [0.5, 0.6) is 0 Å². The van der Waals surface area contributed by atoms with Gasteiger partial charge in [0, 0.05) is 6.42 Å². The van der Waals surface area contributed by atoms with Gasteiger partial charge in [-0.05, 0) is 13.3 Å². The summed E-state index contributed by atoms with van der Waals surface area (Å²) in [5.41, 5.74) is 5.27. The monoisotopic (exact) mass is 255 g/mol. The van der Waals surface area contributed by atoms with Crippen LogP contribution in [0.15, 0.2) is 10.8 Å². The predicted molar refractivity (Wildman–Crippen MR) is 58.6 cm³/mol. The van der Waals surface area contributed by atoms with Gasteiger partial charge in [0.15, 0.2) is 6.39 Å². The lowest BCUT2D eigenvalue weighted by Crippen LogP contribution is -2.41. The third-order valence-corrected chi connectivity index (χ3v) is 2.23. The second-order valence-corrected chi connectivity index (χ2v) is 3.64. The molecule has 1 aromatic rings. The number of nitrogens with zero attached hydrogens (tertiary/aromatic N) is 1. The summed E-state index contributed by atoms with van der Waals surface area (Å²) in [6, 6.07) is -1.20. The van der Waals surface area contributed by atoms with Crippen LogP contribution in [0.2, 0.25) is 0 Å². The number of nitrogens with one attached hydrogen (secondary N) is 1. The van der Waals surface area contributed by atoms with Crippen LogP contribution < -0.4 is 11.1 Å². The summed E-state index contributed by atoms with van der Waals surface area (Å²) in [5.74, 6) is -2.63. The van der Waals surface area contributed by atoms with E-state index in [1.54, 1.807) is 6.92 Å². The lowest BCUT2D eigenvalue weighted by atomic mass is 10.1. The zero-order chi connectivity index (χ0) is 13.7. The van der Waals surface area contributed by atoms with E-state index in [4.69, 9.17) is 15.3 Å². The molecule has 4 N–H and O–H groups in total. The van der Waals surface area contributed by atoms with Gasteiger partial charge in [-0.25, -0.2) is 9.78 Å². The summed E-state index contributed by atoms with van der Waals surface area (Å²) in [7, 11) is 0. The van der Waals surface area contributed by atoms with Gasteiger partial charge in [0.05, 0.1) is 5.69 Å². The summed E-state index contributed by atoms with van der Waals surface area (Å²) in [4.78, 5) is 36.8. The van der Waals surface area contributed by atoms with Crippen molar-refractivity contribution in [2.45, 2.75) is 25.8 Å². The number of carboxylic acid groups (broad SMARTS) is 1. The van der Waals surface area contributed by atoms with Crippen LogP contribution in [0.25, 0.3) is 0 Å². The highest BCUT2D eigenvalue weighted by Crippen LogP contribution is 2.06. The molecule has 0 spiro atoms. The first kappa shape index (κ1) is 13.7. The highest BCUT2D eigenvalue weighted by Gasteiger charge is 2.23. The number of primary amides is 1. The summed E-state index contributed by atoms with van der Waals surface area (Å²) < 4.78 is 4.82. The Morgan fingerprint density at radius 3 is 2.67 bits per heavy atom. The van der Waals surface area contributed by atoms with E-state index in [-0.39, 0.29) is 18.6 Å². The van der Waals surface area contributed by atoms with Gasteiger partial charge in [-0.1, -0.05) is 0 Å². The number of carbonyl (C=O) groups excluding carboxylic acids is 2. The Morgan fingerprint density at radius 1 is 1.56 bits per heavy atom. The topological polar surface area (TPSA) is 136 Å². The maximum atomic E-state index is 11.7. The number of carbonyl (C=O) groups is 3. The van der Waals surface area contributed by atoms with E-state index in [9.17, 15) is 14.4 Å². The minimum absolute atomic E-state index is 0.0553. The zero-order valence-electron chi connectivity index (χ0n) is 9.67. The van der Waals surface area contributed by atoms with Crippen molar-refractivity contribution in [2.75, 3.05) is 0 Å². The fraction of sp³-hybridized carbons (Fsp3) is 0.400. The van der Waals surface area contributed by atoms with Crippen molar-refractivity contribution in [3.63, 3.8) is 0 Å². The molecule has 8 heteroatoms. The van der Waals surface area contributed by atoms with Crippen LogP contribution in [-0.2, 0) is 9.59 Å². The number of aryl methyl sites for hydroxylation is 1. The molecule has 0 saturated carbocycles. The molecule has 0 aliphatic heterocycles. The second kappa shape index (κ2) is 5.80. The van der Waals surface area contributed by atoms with Crippen LogP contribution in [-0.4, -0.2) is 33.9 Å². The fourth-order valence-electron chi connectivity index (χ4n) is 1.29. The molecule has 0 radical (unpaired) electrons. The molecule has 2 amide bonds. The average molecular weight is 255 g/mol. The van der Waals surface area contributed by atoms with E-state index < -0.39 is 23.8 Å². The molecule has 0 aliphatic carbocycles. The average Bonchev–Trinajstić information content (AvgIpc) is 2.69. The smallest absolute Gasteiger partial charge is 0.326 e. The van der Waals surface area contributed by atoms with Gasteiger partial charge in [0.25, 0.3) is 5.91 Å². The molecular weight excluding hydrogens is 242 g/mol. The van der Waals surface area contributed by atoms with Crippen LogP contribution in [0.1, 0.15) is 29.1 Å². The molecule has 0 aromatic carbocycles. The first-order chi connectivity index (χ1) is 8.41. The number of amides is 2. The molecule has 98 valence electrons. The third-order valence-electron chi connectivity index (χ3n) is 2.23. The highest BCUT2D eigenvalue weighted by molar-refractivity contribution is 5.95. The molecule has 0 fully saturated rings. The molecular formula is C10H13N3O5. The maximum absolute atomic E-state index is 11.7. The molecule has 1 rings (SSSR count). The molecule has 1 atom stereocenters. The van der Waals surface area contributed by atoms with Gasteiger partial charge in [-0.2, -0.15) is 0 Å². The van der Waals surface area contributed by atoms with E-state index in [0.717, 1.165) is 6.39 Å². The fourth-order valence-corrected chi connectivity index (χ4v) is 1.29. The van der Waals surface area contributed by atoms with E-state index in [0.29, 0.717) is 5.69 Å². The SMILES string of the molecule is Cc1ncoc1C(=O)N[C@H](CCC(N)=O)C(=O)O. The van der Waals surface area contributed by atoms with Crippen molar-refractivity contribution < 1.29 is 23.9 Å². The largest absolute Gasteiger partial charge is 0.480 e. The van der Waals surface area contributed by atoms with Crippen LogP contribution in [0, 0.1) is 6.92 Å². The van der Waals surface area contributed by atoms with Crippen LogP contribution in [0.3, 0.4) is 0 Å². The van der Waals surface area contributed by atoms with Gasteiger partial charge in [-0.15, -0.1) is 0 Å². The Kier molecular flexibility index (Phi) is 4.41. The Hall–Kier alpha value is -2.38. The molecule has 0 unspecified atom stereocenters. The van der Waals surface area contributed by atoms with E-state index in [1.165, 1.54) is 0 Å². The number of hydrogen-bond acceptors (Lipinski definition) is 5. The number of rotatable bonds is 6. The first-order valence-corrected chi connectivity index (χ1v) is 5.14. The molecule has 18 heavy (non-hydrogen) atoms. The first-order valence-electron chi connectivity index (χ1n) is 5.14. The Balaban J connectivity index is 2.67. The summed E-state index contributed by atoms with van der Waals surface area (Å²) >= 11 is 0. The third kappa shape index (κ3) is 3.58. The molecule has 1 aromatic heterocycles. The summed E-state index contributed by atoms with van der Waals surface area (Å²) in [5, 5.41) is 11.1. The van der Waals surface area contributed by atoms with Gasteiger partial charge in [0.2, 0.25) is 11.7 Å². The molecule has 0 saturated heterocycles. The number of aromatic nitrogens is 1. The highest BCUT2D eigenvalue weighted by atomic mass is 16.4. The second-order valence-electron chi connectivity index (χ2n) is 3.64. The minimum atomic E-state index is -1.25. The molecule has 0 aliphatic rings. The molecule has 1 heterocycles. The van der Waals surface area contributed by atoms with Crippen molar-refractivity contribution in [1.29, 1.82) is 0 Å². The number of aliphatic carboxylic acids is 1. The number of carboxylic acids is 1. The van der Waals surface area contributed by atoms with Crippen molar-refractivity contribution >= 4 is 17.8 Å². The number of oxazole rings is 1. The summed E-state index contributed by atoms with van der Waals surface area (Å²) in [6.07, 6.45) is 0.875. The van der Waals surface area contributed by atoms with E-state index >= 15 is 0 Å². The Bertz CT molecular complexity index is 468. The van der Waals surface area contributed by atoms with Crippen molar-refractivity contribution in [2.24, 2.45) is 5.73 Å². The quantitative estimate of drug-likeness (QED) is 0.622. The maximum Gasteiger partial charge on any atom is 0.326 e. The van der Waals surface area contributed by atoms with Gasteiger partial charge >= 0.3 is 5.97 Å². The Morgan fingerprint density at radius 2 is 2.22 bits per heavy atom. The van der Waals surface area contributed by atoms with Crippen molar-refractivity contribution in [3.05, 3.63) is 17.8 Å². The van der Waals surface area contributed by atoms with Crippen molar-refractivity contribution in [3.8, 4) is 0 Å². The normalized spacial score (nSPS) is 11.8. The zero-order valence-corrected chi connectivity index (χ0v) is 9.67. The van der Waals surface area contributed by atoms with Crippen LogP contribution in [0.4, 0.5) is 0 Å². The number of hydrogen-bond donors (Lipinski definition) is 3. The van der Waals surface area contributed by atoms with Gasteiger partial charge in [0.1, 0.15) is 6.04 Å². The van der Waals surface area contributed by atoms with E-state index in [1.807, 2.05) is 0 Å².